The van der Waals surface area contributed by atoms with E-state index in [0.29, 0.717) is 5.92 Å². The van der Waals surface area contributed by atoms with Crippen LogP contribution in [0.5, 0.6) is 0 Å². The van der Waals surface area contributed by atoms with Crippen molar-refractivity contribution < 1.29 is 4.58 Å². The smallest absolute Gasteiger partial charge is 0.222 e. The molecule has 0 aliphatic rings. The number of benzene rings is 1. The molecule has 0 atom stereocenters. The van der Waals surface area contributed by atoms with Gasteiger partial charge in [-0.1, -0.05) is 43.7 Å². The van der Waals surface area contributed by atoms with Gasteiger partial charge in [-0.05, 0) is 18.5 Å². The Morgan fingerprint density at radius 3 is 2.27 bits per heavy atom. The summed E-state index contributed by atoms with van der Waals surface area (Å²) in [5, 5.41) is 0.913. The van der Waals surface area contributed by atoms with Crippen molar-refractivity contribution in [2.75, 3.05) is 7.05 Å². The van der Waals surface area contributed by atoms with Crippen LogP contribution in [0.4, 0.5) is 0 Å². The van der Waals surface area contributed by atoms with E-state index in [1.807, 2.05) is 7.05 Å². The Labute approximate surface area is 97.4 Å². The molecule has 0 saturated carbocycles. The molecule has 0 spiro atoms. The van der Waals surface area contributed by atoms with Gasteiger partial charge in [-0.2, -0.15) is 0 Å². The Balaban J connectivity index is 2.78. The molecule has 0 unspecified atom stereocenters. The predicted molar refractivity (Wildman–Crippen MR) is 66.8 cm³/mol. The zero-order valence-corrected chi connectivity index (χ0v) is 10.7. The minimum Gasteiger partial charge on any atom is -0.222 e. The molecule has 0 amide bonds. The summed E-state index contributed by atoms with van der Waals surface area (Å²) < 4.78 is 2.09. The number of halogens is 1. The van der Waals surface area contributed by atoms with Gasteiger partial charge in [0, 0.05) is 11.5 Å². The van der Waals surface area contributed by atoms with Crippen LogP contribution < -0.4 is 0 Å². The highest BCUT2D eigenvalue weighted by atomic mass is 35.5. The van der Waals surface area contributed by atoms with Gasteiger partial charge < -0.3 is 0 Å². The molecular formula is C13H19ClN+. The Morgan fingerprint density at radius 1 is 1.27 bits per heavy atom. The molecule has 2 heteroatoms. The maximum absolute atomic E-state index is 6.19. The lowest BCUT2D eigenvalue weighted by Crippen LogP contribution is -2.17. The van der Waals surface area contributed by atoms with Gasteiger partial charge in [0.2, 0.25) is 5.17 Å². The molecule has 0 saturated heterocycles. The molecule has 0 aliphatic heterocycles. The molecule has 0 heterocycles. The maximum atomic E-state index is 6.19. The highest BCUT2D eigenvalue weighted by Gasteiger charge is 2.12. The molecule has 15 heavy (non-hydrogen) atoms. The minimum absolute atomic E-state index is 0.391. The van der Waals surface area contributed by atoms with Crippen molar-refractivity contribution in [2.45, 2.75) is 27.3 Å². The van der Waals surface area contributed by atoms with Crippen molar-refractivity contribution in [3.8, 4) is 0 Å². The van der Waals surface area contributed by atoms with Crippen molar-refractivity contribution in [3.05, 3.63) is 35.4 Å². The summed E-state index contributed by atoms with van der Waals surface area (Å²) in [6, 6.07) is 8.56. The van der Waals surface area contributed by atoms with E-state index in [1.54, 1.807) is 0 Å². The van der Waals surface area contributed by atoms with Gasteiger partial charge in [0.25, 0.3) is 0 Å². The average molecular weight is 225 g/mol. The molecule has 0 fully saturated rings. The summed E-state index contributed by atoms with van der Waals surface area (Å²) in [5.41, 5.74) is 2.59. The molecule has 1 aromatic rings. The molecule has 0 N–H and O–H groups in total. The molecule has 1 aromatic carbocycles. The number of nitrogens with zero attached hydrogens (tertiary/aromatic N) is 1. The molecular weight excluding hydrogens is 206 g/mol. The van der Waals surface area contributed by atoms with E-state index < -0.39 is 0 Å². The van der Waals surface area contributed by atoms with E-state index in [1.165, 1.54) is 11.1 Å². The Morgan fingerprint density at radius 2 is 1.80 bits per heavy atom. The molecule has 0 radical (unpaired) electrons. The van der Waals surface area contributed by atoms with Crippen LogP contribution in [0.1, 0.15) is 25.0 Å². The van der Waals surface area contributed by atoms with E-state index in [9.17, 15) is 0 Å². The quantitative estimate of drug-likeness (QED) is 0.547. The molecule has 0 bridgehead atoms. The summed E-state index contributed by atoms with van der Waals surface area (Å²) in [7, 11) is 2.03. The zero-order valence-electron chi connectivity index (χ0n) is 9.92. The van der Waals surface area contributed by atoms with Crippen molar-refractivity contribution in [3.63, 3.8) is 0 Å². The standard InChI is InChI=1S/C13H19ClN/c1-10(2)13(14)15(4)9-12-7-5-11(3)6-8-12/h5-8,10H,9H2,1-4H3/q+1. The lowest BCUT2D eigenvalue weighted by atomic mass is 10.1. The van der Waals surface area contributed by atoms with Crippen LogP contribution in [0.15, 0.2) is 24.3 Å². The predicted octanol–water partition coefficient (Wildman–Crippen LogP) is 3.43. The molecule has 0 aliphatic carbocycles. The molecule has 0 aromatic heterocycles. The van der Waals surface area contributed by atoms with Gasteiger partial charge >= 0.3 is 0 Å². The van der Waals surface area contributed by atoms with Crippen LogP contribution in [0.25, 0.3) is 0 Å². The van der Waals surface area contributed by atoms with E-state index in [2.05, 4.69) is 49.6 Å². The van der Waals surface area contributed by atoms with E-state index in [0.717, 1.165) is 11.7 Å². The lowest BCUT2D eigenvalue weighted by Gasteiger charge is -2.04. The number of hydrogen-bond donors (Lipinski definition) is 0. The highest BCUT2D eigenvalue weighted by molar-refractivity contribution is 6.64. The monoisotopic (exact) mass is 224 g/mol. The highest BCUT2D eigenvalue weighted by Crippen LogP contribution is 2.07. The summed E-state index contributed by atoms with van der Waals surface area (Å²) in [6.45, 7) is 7.18. The van der Waals surface area contributed by atoms with Crippen LogP contribution in [-0.4, -0.2) is 16.8 Å². The first-order valence-corrected chi connectivity index (χ1v) is 5.67. The third-order valence-corrected chi connectivity index (χ3v) is 3.11. The first kappa shape index (κ1) is 12.3. The summed E-state index contributed by atoms with van der Waals surface area (Å²) in [6.07, 6.45) is 0. The fraction of sp³-hybridized carbons (Fsp3) is 0.462. The number of hydrogen-bond acceptors (Lipinski definition) is 0. The van der Waals surface area contributed by atoms with Gasteiger partial charge in [-0.3, -0.25) is 0 Å². The summed E-state index contributed by atoms with van der Waals surface area (Å²) in [5.74, 6) is 0.391. The topological polar surface area (TPSA) is 3.01 Å². The third kappa shape index (κ3) is 3.67. The second kappa shape index (κ2) is 5.32. The van der Waals surface area contributed by atoms with Crippen molar-refractivity contribution in [1.82, 2.24) is 0 Å². The van der Waals surface area contributed by atoms with E-state index >= 15 is 0 Å². The summed E-state index contributed by atoms with van der Waals surface area (Å²) in [4.78, 5) is 0. The second-order valence-corrected chi connectivity index (χ2v) is 4.71. The van der Waals surface area contributed by atoms with Crippen LogP contribution in [0.2, 0.25) is 0 Å². The van der Waals surface area contributed by atoms with Crippen LogP contribution in [0.3, 0.4) is 0 Å². The minimum atomic E-state index is 0.391. The van der Waals surface area contributed by atoms with E-state index in [4.69, 9.17) is 11.6 Å². The Hall–Kier alpha value is -0.820. The third-order valence-electron chi connectivity index (χ3n) is 2.38. The van der Waals surface area contributed by atoms with Gasteiger partial charge in [0.1, 0.15) is 7.05 Å². The second-order valence-electron chi connectivity index (χ2n) is 4.32. The summed E-state index contributed by atoms with van der Waals surface area (Å²) >= 11 is 6.19. The molecule has 82 valence electrons. The van der Waals surface area contributed by atoms with Crippen molar-refractivity contribution in [2.24, 2.45) is 5.92 Å². The van der Waals surface area contributed by atoms with Crippen LogP contribution in [-0.2, 0) is 6.54 Å². The Kier molecular flexibility index (Phi) is 4.34. The maximum Gasteiger partial charge on any atom is 0.247 e. The number of rotatable bonds is 3. The van der Waals surface area contributed by atoms with Crippen molar-refractivity contribution in [1.29, 1.82) is 0 Å². The van der Waals surface area contributed by atoms with E-state index in [-0.39, 0.29) is 0 Å². The Bertz CT molecular complexity index is 349. The first-order valence-electron chi connectivity index (χ1n) is 5.29. The lowest BCUT2D eigenvalue weighted by molar-refractivity contribution is -0.513. The van der Waals surface area contributed by atoms with Crippen molar-refractivity contribution >= 4 is 16.8 Å². The SMILES string of the molecule is Cc1ccc(C[N+](C)=C(Cl)C(C)C)cc1. The normalized spacial score (nSPS) is 12.9. The van der Waals surface area contributed by atoms with Gasteiger partial charge in [-0.25, -0.2) is 4.58 Å². The van der Waals surface area contributed by atoms with Gasteiger partial charge in [-0.15, -0.1) is 0 Å². The van der Waals surface area contributed by atoms with Crippen LogP contribution >= 0.6 is 11.6 Å². The average Bonchev–Trinajstić information content (AvgIpc) is 2.20. The number of aryl methyl sites for hydroxylation is 1. The zero-order chi connectivity index (χ0) is 11.4. The molecule has 1 nitrogen and oxygen atoms in total. The fourth-order valence-electron chi connectivity index (χ4n) is 1.48. The van der Waals surface area contributed by atoms with Crippen LogP contribution in [0, 0.1) is 12.8 Å². The largest absolute Gasteiger partial charge is 0.247 e. The fourth-order valence-corrected chi connectivity index (χ4v) is 1.54. The molecule has 1 rings (SSSR count). The first-order chi connectivity index (χ1) is 7.00. The van der Waals surface area contributed by atoms with Gasteiger partial charge in [0.05, 0.1) is 0 Å². The van der Waals surface area contributed by atoms with Gasteiger partial charge in [0.15, 0.2) is 6.54 Å².